The monoisotopic (exact) mass is 323 g/mol. The Balaban J connectivity index is 2.21. The molecule has 1 aliphatic carbocycles. The van der Waals surface area contributed by atoms with Crippen molar-refractivity contribution >= 4 is 10.8 Å². The number of fused-ring (bicyclic) bond motifs is 3. The van der Waals surface area contributed by atoms with Crippen molar-refractivity contribution < 1.29 is 18.9 Å². The molecule has 2 aromatic carbocycles. The Morgan fingerprint density at radius 3 is 2.17 bits per heavy atom. The van der Waals surface area contributed by atoms with Gasteiger partial charge in [-0.3, -0.25) is 4.98 Å². The predicted octanol–water partition coefficient (Wildman–Crippen LogP) is 3.92. The molecule has 5 nitrogen and oxygen atoms in total. The Labute approximate surface area is 139 Å². The van der Waals surface area contributed by atoms with Gasteiger partial charge in [0.05, 0.1) is 34.1 Å². The first-order valence-corrected chi connectivity index (χ1v) is 7.54. The van der Waals surface area contributed by atoms with Crippen LogP contribution in [-0.4, -0.2) is 33.4 Å². The minimum absolute atomic E-state index is 0.586. The SMILES string of the molecule is COc1ccc2c(c1)-c1nccc3c(OC)c(OC)c(OC)c-2c13. The topological polar surface area (TPSA) is 49.8 Å². The summed E-state index contributed by atoms with van der Waals surface area (Å²) in [6.07, 6.45) is 1.78. The molecule has 5 heteroatoms. The second-order valence-electron chi connectivity index (χ2n) is 5.47. The molecule has 1 heterocycles. The Bertz CT molecular complexity index is 965. The van der Waals surface area contributed by atoms with Crippen molar-refractivity contribution in [3.8, 4) is 45.4 Å². The Morgan fingerprint density at radius 2 is 1.50 bits per heavy atom. The van der Waals surface area contributed by atoms with Crippen LogP contribution in [0.4, 0.5) is 0 Å². The molecule has 0 atom stereocenters. The molecule has 0 saturated heterocycles. The van der Waals surface area contributed by atoms with Crippen molar-refractivity contribution in [3.05, 3.63) is 30.5 Å². The fourth-order valence-electron chi connectivity index (χ4n) is 3.46. The van der Waals surface area contributed by atoms with E-state index in [2.05, 4.69) is 4.98 Å². The number of pyridine rings is 1. The average molecular weight is 323 g/mol. The van der Waals surface area contributed by atoms with Crippen LogP contribution >= 0.6 is 0 Å². The van der Waals surface area contributed by atoms with Crippen LogP contribution < -0.4 is 18.9 Å². The molecule has 0 radical (unpaired) electrons. The van der Waals surface area contributed by atoms with Crippen LogP contribution in [0.25, 0.3) is 33.2 Å². The van der Waals surface area contributed by atoms with Gasteiger partial charge in [0.25, 0.3) is 0 Å². The molecule has 0 saturated carbocycles. The number of aromatic nitrogens is 1. The lowest BCUT2D eigenvalue weighted by atomic mass is 10.0. The maximum absolute atomic E-state index is 5.69. The quantitative estimate of drug-likeness (QED) is 0.570. The number of benzene rings is 2. The lowest BCUT2D eigenvalue weighted by Gasteiger charge is -2.17. The van der Waals surface area contributed by atoms with E-state index >= 15 is 0 Å². The molecule has 0 amide bonds. The lowest BCUT2D eigenvalue weighted by molar-refractivity contribution is 0.328. The van der Waals surface area contributed by atoms with E-state index < -0.39 is 0 Å². The van der Waals surface area contributed by atoms with Crippen molar-refractivity contribution in [2.45, 2.75) is 0 Å². The van der Waals surface area contributed by atoms with Gasteiger partial charge in [0.1, 0.15) is 5.75 Å². The molecule has 0 bridgehead atoms. The minimum atomic E-state index is 0.586. The number of methoxy groups -OCH3 is 4. The molecule has 24 heavy (non-hydrogen) atoms. The van der Waals surface area contributed by atoms with Gasteiger partial charge in [-0.05, 0) is 29.8 Å². The molecular weight excluding hydrogens is 306 g/mol. The summed E-state index contributed by atoms with van der Waals surface area (Å²) in [6, 6.07) is 7.90. The van der Waals surface area contributed by atoms with E-state index in [0.717, 1.165) is 38.9 Å². The fraction of sp³-hybridized carbons (Fsp3) is 0.211. The zero-order valence-corrected chi connectivity index (χ0v) is 14.0. The number of hydrogen-bond donors (Lipinski definition) is 0. The lowest BCUT2D eigenvalue weighted by Crippen LogP contribution is -1.98. The predicted molar refractivity (Wildman–Crippen MR) is 92.4 cm³/mol. The first kappa shape index (κ1) is 14.6. The van der Waals surface area contributed by atoms with E-state index in [-0.39, 0.29) is 0 Å². The van der Waals surface area contributed by atoms with Crippen LogP contribution in [0, 0.1) is 0 Å². The summed E-state index contributed by atoms with van der Waals surface area (Å²) in [5, 5.41) is 1.96. The van der Waals surface area contributed by atoms with Gasteiger partial charge in [0.15, 0.2) is 11.5 Å². The maximum atomic E-state index is 5.69. The summed E-state index contributed by atoms with van der Waals surface area (Å²) in [5.74, 6) is 2.68. The van der Waals surface area contributed by atoms with E-state index in [1.165, 1.54) is 0 Å². The highest BCUT2D eigenvalue weighted by Gasteiger charge is 2.31. The molecule has 1 aromatic heterocycles. The van der Waals surface area contributed by atoms with Gasteiger partial charge in [0, 0.05) is 28.1 Å². The summed E-state index contributed by atoms with van der Waals surface area (Å²) in [7, 11) is 6.54. The Hall–Kier alpha value is -2.95. The van der Waals surface area contributed by atoms with Crippen molar-refractivity contribution in [1.29, 1.82) is 0 Å². The third-order valence-corrected chi connectivity index (χ3v) is 4.45. The minimum Gasteiger partial charge on any atom is -0.497 e. The Kier molecular flexibility index (Phi) is 3.23. The average Bonchev–Trinajstić information content (AvgIpc) is 2.96. The van der Waals surface area contributed by atoms with Gasteiger partial charge in [-0.15, -0.1) is 0 Å². The van der Waals surface area contributed by atoms with Crippen molar-refractivity contribution in [2.24, 2.45) is 0 Å². The highest BCUT2D eigenvalue weighted by Crippen LogP contribution is 2.57. The third-order valence-electron chi connectivity index (χ3n) is 4.45. The molecule has 1 aliphatic rings. The van der Waals surface area contributed by atoms with Crippen LogP contribution in [-0.2, 0) is 0 Å². The van der Waals surface area contributed by atoms with Gasteiger partial charge in [-0.2, -0.15) is 0 Å². The smallest absolute Gasteiger partial charge is 0.204 e. The molecule has 4 rings (SSSR count). The number of hydrogen-bond acceptors (Lipinski definition) is 5. The molecule has 122 valence electrons. The van der Waals surface area contributed by atoms with E-state index in [9.17, 15) is 0 Å². The van der Waals surface area contributed by atoms with Gasteiger partial charge in [0.2, 0.25) is 5.75 Å². The second kappa shape index (κ2) is 5.30. The third kappa shape index (κ3) is 1.72. The van der Waals surface area contributed by atoms with Crippen molar-refractivity contribution in [3.63, 3.8) is 0 Å². The van der Waals surface area contributed by atoms with Gasteiger partial charge in [-0.1, -0.05) is 0 Å². The second-order valence-corrected chi connectivity index (χ2v) is 5.47. The van der Waals surface area contributed by atoms with E-state index in [1.807, 2.05) is 24.3 Å². The maximum Gasteiger partial charge on any atom is 0.204 e. The summed E-state index contributed by atoms with van der Waals surface area (Å²) >= 11 is 0. The first-order chi connectivity index (χ1) is 11.7. The number of nitrogens with zero attached hydrogens (tertiary/aromatic N) is 1. The van der Waals surface area contributed by atoms with Crippen LogP contribution in [0.15, 0.2) is 30.5 Å². The zero-order valence-electron chi connectivity index (χ0n) is 14.0. The molecular formula is C19H17NO4. The molecule has 0 spiro atoms. The largest absolute Gasteiger partial charge is 0.497 e. The molecule has 3 aromatic rings. The normalized spacial score (nSPS) is 11.3. The van der Waals surface area contributed by atoms with E-state index in [0.29, 0.717) is 17.2 Å². The van der Waals surface area contributed by atoms with E-state index in [1.54, 1.807) is 34.6 Å². The summed E-state index contributed by atoms with van der Waals surface area (Å²) in [6.45, 7) is 0. The highest BCUT2D eigenvalue weighted by atomic mass is 16.5. The van der Waals surface area contributed by atoms with Gasteiger partial charge < -0.3 is 18.9 Å². The van der Waals surface area contributed by atoms with Crippen molar-refractivity contribution in [1.82, 2.24) is 4.98 Å². The Morgan fingerprint density at radius 1 is 0.750 bits per heavy atom. The first-order valence-electron chi connectivity index (χ1n) is 7.54. The molecule has 0 N–H and O–H groups in total. The fourth-order valence-corrected chi connectivity index (χ4v) is 3.46. The van der Waals surface area contributed by atoms with Crippen molar-refractivity contribution in [2.75, 3.05) is 28.4 Å². The summed E-state index contributed by atoms with van der Waals surface area (Å²) < 4.78 is 22.3. The number of rotatable bonds is 4. The molecule has 0 aliphatic heterocycles. The zero-order chi connectivity index (χ0) is 16.8. The van der Waals surface area contributed by atoms with Crippen LogP contribution in [0.3, 0.4) is 0 Å². The standard InChI is InChI=1S/C19H17NO4/c1-21-10-5-6-11-13(9-10)16-14-12(7-8-20-16)17(22-2)19(24-4)18(23-3)15(11)14/h5-9H,1-4H3. The van der Waals surface area contributed by atoms with E-state index in [4.69, 9.17) is 18.9 Å². The highest BCUT2D eigenvalue weighted by molar-refractivity contribution is 6.18. The van der Waals surface area contributed by atoms with Crippen LogP contribution in [0.2, 0.25) is 0 Å². The molecule has 0 fully saturated rings. The number of ether oxygens (including phenoxy) is 4. The van der Waals surface area contributed by atoms with Gasteiger partial charge in [-0.25, -0.2) is 0 Å². The van der Waals surface area contributed by atoms with Crippen LogP contribution in [0.1, 0.15) is 0 Å². The summed E-state index contributed by atoms with van der Waals surface area (Å²) in [5.41, 5.74) is 3.94. The summed E-state index contributed by atoms with van der Waals surface area (Å²) in [4.78, 5) is 4.59. The molecule has 0 unspecified atom stereocenters. The van der Waals surface area contributed by atoms with Gasteiger partial charge >= 0.3 is 0 Å². The van der Waals surface area contributed by atoms with Crippen LogP contribution in [0.5, 0.6) is 23.0 Å².